The summed E-state index contributed by atoms with van der Waals surface area (Å²) in [4.78, 5) is 24.2. The van der Waals surface area contributed by atoms with Crippen LogP contribution in [0, 0.1) is 0 Å². The van der Waals surface area contributed by atoms with Crippen LogP contribution in [0.5, 0.6) is 5.75 Å². The molecule has 6 heteroatoms. The second kappa shape index (κ2) is 9.97. The first-order chi connectivity index (χ1) is 12.5. The van der Waals surface area contributed by atoms with E-state index in [2.05, 4.69) is 21.2 Å². The normalized spacial score (nSPS) is 10.3. The SMILES string of the molecule is CCCOC(=O)c1ccc(NC(=O)c2ccc(OCCC)c(Br)c2)cc1. The lowest BCUT2D eigenvalue weighted by molar-refractivity contribution is 0.0505. The van der Waals surface area contributed by atoms with Gasteiger partial charge < -0.3 is 14.8 Å². The number of nitrogens with one attached hydrogen (secondary N) is 1. The summed E-state index contributed by atoms with van der Waals surface area (Å²) >= 11 is 3.42. The maximum Gasteiger partial charge on any atom is 0.338 e. The average molecular weight is 420 g/mol. The van der Waals surface area contributed by atoms with Crippen molar-refractivity contribution >= 4 is 33.5 Å². The number of carbonyl (C=O) groups excluding carboxylic acids is 2. The van der Waals surface area contributed by atoms with Crippen molar-refractivity contribution in [3.05, 3.63) is 58.1 Å². The van der Waals surface area contributed by atoms with E-state index < -0.39 is 0 Å². The maximum atomic E-state index is 12.4. The van der Waals surface area contributed by atoms with Crippen LogP contribution in [-0.2, 0) is 4.74 Å². The number of ether oxygens (including phenoxy) is 2. The largest absolute Gasteiger partial charge is 0.492 e. The van der Waals surface area contributed by atoms with Crippen LogP contribution in [0.15, 0.2) is 46.9 Å². The van der Waals surface area contributed by atoms with Gasteiger partial charge in [0.2, 0.25) is 0 Å². The highest BCUT2D eigenvalue weighted by atomic mass is 79.9. The highest BCUT2D eigenvalue weighted by Gasteiger charge is 2.11. The Labute approximate surface area is 161 Å². The molecule has 0 heterocycles. The third kappa shape index (κ3) is 5.59. The molecule has 2 aromatic carbocycles. The molecule has 0 aromatic heterocycles. The van der Waals surface area contributed by atoms with Gasteiger partial charge in [-0.15, -0.1) is 0 Å². The van der Waals surface area contributed by atoms with Crippen molar-refractivity contribution in [2.24, 2.45) is 0 Å². The molecule has 2 aromatic rings. The monoisotopic (exact) mass is 419 g/mol. The summed E-state index contributed by atoms with van der Waals surface area (Å²) in [5, 5.41) is 2.80. The first-order valence-corrected chi connectivity index (χ1v) is 9.35. The molecule has 0 aliphatic carbocycles. The van der Waals surface area contributed by atoms with Gasteiger partial charge in [0.25, 0.3) is 5.91 Å². The van der Waals surface area contributed by atoms with Crippen LogP contribution >= 0.6 is 15.9 Å². The van der Waals surface area contributed by atoms with E-state index in [0.29, 0.717) is 35.8 Å². The van der Waals surface area contributed by atoms with E-state index >= 15 is 0 Å². The summed E-state index contributed by atoms with van der Waals surface area (Å²) in [7, 11) is 0. The Balaban J connectivity index is 2.01. The number of rotatable bonds is 8. The van der Waals surface area contributed by atoms with E-state index in [1.165, 1.54) is 0 Å². The van der Waals surface area contributed by atoms with Crippen molar-refractivity contribution in [2.45, 2.75) is 26.7 Å². The Bertz CT molecular complexity index is 759. The third-order valence-electron chi connectivity index (χ3n) is 3.47. The van der Waals surface area contributed by atoms with E-state index in [9.17, 15) is 9.59 Å². The van der Waals surface area contributed by atoms with Crippen molar-refractivity contribution < 1.29 is 19.1 Å². The molecule has 5 nitrogen and oxygen atoms in total. The molecule has 0 aliphatic heterocycles. The summed E-state index contributed by atoms with van der Waals surface area (Å²) in [6.45, 7) is 4.98. The van der Waals surface area contributed by atoms with Gasteiger partial charge in [-0.2, -0.15) is 0 Å². The second-order valence-corrected chi connectivity index (χ2v) is 6.52. The van der Waals surface area contributed by atoms with Gasteiger partial charge in [0.05, 0.1) is 23.2 Å². The van der Waals surface area contributed by atoms with Crippen molar-refractivity contribution in [3.8, 4) is 5.75 Å². The molecular formula is C20H22BrNO4. The Morgan fingerprint density at radius 3 is 2.23 bits per heavy atom. The van der Waals surface area contributed by atoms with Crippen LogP contribution < -0.4 is 10.1 Å². The number of carbonyl (C=O) groups is 2. The topological polar surface area (TPSA) is 64.6 Å². The Hall–Kier alpha value is -2.34. The van der Waals surface area contributed by atoms with Crippen LogP contribution in [-0.4, -0.2) is 25.1 Å². The van der Waals surface area contributed by atoms with Crippen LogP contribution in [0.3, 0.4) is 0 Å². The van der Waals surface area contributed by atoms with E-state index in [0.717, 1.165) is 17.3 Å². The molecule has 1 amide bonds. The first kappa shape index (κ1) is 20.0. The summed E-state index contributed by atoms with van der Waals surface area (Å²) in [6.07, 6.45) is 1.69. The van der Waals surface area contributed by atoms with Gasteiger partial charge >= 0.3 is 5.97 Å². The number of halogens is 1. The summed E-state index contributed by atoms with van der Waals surface area (Å²) in [5.41, 5.74) is 1.56. The molecule has 0 saturated heterocycles. The van der Waals surface area contributed by atoms with Crippen LogP contribution in [0.1, 0.15) is 47.4 Å². The highest BCUT2D eigenvalue weighted by Crippen LogP contribution is 2.26. The fraction of sp³-hybridized carbons (Fsp3) is 0.300. The summed E-state index contributed by atoms with van der Waals surface area (Å²) < 4.78 is 11.4. The van der Waals surface area contributed by atoms with Crippen LogP contribution in [0.2, 0.25) is 0 Å². The zero-order valence-electron chi connectivity index (χ0n) is 14.9. The number of hydrogen-bond donors (Lipinski definition) is 1. The lowest BCUT2D eigenvalue weighted by atomic mass is 10.1. The lowest BCUT2D eigenvalue weighted by Crippen LogP contribution is -2.12. The number of amides is 1. The molecule has 26 heavy (non-hydrogen) atoms. The van der Waals surface area contributed by atoms with Gasteiger partial charge in [0.15, 0.2) is 0 Å². The van der Waals surface area contributed by atoms with Gasteiger partial charge in [0, 0.05) is 11.3 Å². The summed E-state index contributed by atoms with van der Waals surface area (Å²) in [5.74, 6) is 0.101. The molecule has 0 saturated carbocycles. The third-order valence-corrected chi connectivity index (χ3v) is 4.09. The molecule has 1 N–H and O–H groups in total. The molecular weight excluding hydrogens is 398 g/mol. The highest BCUT2D eigenvalue weighted by molar-refractivity contribution is 9.10. The minimum Gasteiger partial charge on any atom is -0.492 e. The van der Waals surface area contributed by atoms with E-state index in [1.807, 2.05) is 13.8 Å². The molecule has 0 atom stereocenters. The minimum absolute atomic E-state index is 0.242. The Morgan fingerprint density at radius 2 is 1.62 bits per heavy atom. The molecule has 138 valence electrons. The van der Waals surface area contributed by atoms with Gasteiger partial charge in [-0.25, -0.2) is 4.79 Å². The molecule has 0 radical (unpaired) electrons. The van der Waals surface area contributed by atoms with E-state index in [4.69, 9.17) is 9.47 Å². The van der Waals surface area contributed by atoms with Crippen molar-refractivity contribution in [1.29, 1.82) is 0 Å². The zero-order valence-corrected chi connectivity index (χ0v) is 16.5. The fourth-order valence-corrected chi connectivity index (χ4v) is 2.64. The van der Waals surface area contributed by atoms with Gasteiger partial charge in [-0.05, 0) is 71.2 Å². The maximum absolute atomic E-state index is 12.4. The predicted molar refractivity (Wildman–Crippen MR) is 105 cm³/mol. The average Bonchev–Trinajstić information content (AvgIpc) is 2.65. The van der Waals surface area contributed by atoms with Crippen molar-refractivity contribution in [3.63, 3.8) is 0 Å². The zero-order chi connectivity index (χ0) is 18.9. The Kier molecular flexibility index (Phi) is 7.66. The minimum atomic E-state index is -0.365. The Morgan fingerprint density at radius 1 is 0.962 bits per heavy atom. The summed E-state index contributed by atoms with van der Waals surface area (Å²) in [6, 6.07) is 11.8. The molecule has 0 unspecified atom stereocenters. The van der Waals surface area contributed by atoms with Crippen molar-refractivity contribution in [2.75, 3.05) is 18.5 Å². The standard InChI is InChI=1S/C20H22BrNO4/c1-3-11-25-18-10-7-15(13-17(18)21)19(23)22-16-8-5-14(6-9-16)20(24)26-12-4-2/h5-10,13H,3-4,11-12H2,1-2H3,(H,22,23). The second-order valence-electron chi connectivity index (χ2n) is 5.66. The number of anilines is 1. The first-order valence-electron chi connectivity index (χ1n) is 8.56. The molecule has 2 rings (SSSR count). The van der Waals surface area contributed by atoms with Crippen molar-refractivity contribution in [1.82, 2.24) is 0 Å². The van der Waals surface area contributed by atoms with E-state index in [-0.39, 0.29) is 11.9 Å². The van der Waals surface area contributed by atoms with Gasteiger partial charge in [0.1, 0.15) is 5.75 Å². The van der Waals surface area contributed by atoms with Gasteiger partial charge in [-0.3, -0.25) is 4.79 Å². The van der Waals surface area contributed by atoms with Crippen LogP contribution in [0.4, 0.5) is 5.69 Å². The smallest absolute Gasteiger partial charge is 0.338 e. The van der Waals surface area contributed by atoms with Crippen LogP contribution in [0.25, 0.3) is 0 Å². The van der Waals surface area contributed by atoms with Gasteiger partial charge in [-0.1, -0.05) is 13.8 Å². The molecule has 0 bridgehead atoms. The predicted octanol–water partition coefficient (Wildman–Crippen LogP) is 5.06. The number of hydrogen-bond acceptors (Lipinski definition) is 4. The number of benzene rings is 2. The molecule has 0 spiro atoms. The fourth-order valence-electron chi connectivity index (χ4n) is 2.14. The molecule has 0 aliphatic rings. The lowest BCUT2D eigenvalue weighted by Gasteiger charge is -2.10. The quantitative estimate of drug-likeness (QED) is 0.607. The van der Waals surface area contributed by atoms with E-state index in [1.54, 1.807) is 42.5 Å². The number of esters is 1. The molecule has 0 fully saturated rings.